The van der Waals surface area contributed by atoms with E-state index >= 15 is 0 Å². The van der Waals surface area contributed by atoms with Gasteiger partial charge in [0, 0.05) is 25.8 Å². The lowest BCUT2D eigenvalue weighted by atomic mass is 10.1. The van der Waals surface area contributed by atoms with Crippen molar-refractivity contribution in [1.29, 1.82) is 0 Å². The van der Waals surface area contributed by atoms with E-state index in [0.717, 1.165) is 18.8 Å². The number of carboxylic acids is 1. The van der Waals surface area contributed by atoms with Crippen LogP contribution in [-0.2, 0) is 4.79 Å². The number of hydrogen-bond donors (Lipinski definition) is 2. The van der Waals surface area contributed by atoms with Crippen LogP contribution in [-0.4, -0.2) is 41.7 Å². The van der Waals surface area contributed by atoms with Gasteiger partial charge < -0.3 is 15.3 Å². The second-order valence-electron chi connectivity index (χ2n) is 3.86. The van der Waals surface area contributed by atoms with E-state index in [-0.39, 0.29) is 12.5 Å². The van der Waals surface area contributed by atoms with E-state index < -0.39 is 5.97 Å². The molecule has 1 aliphatic rings. The molecule has 1 fully saturated rings. The molecule has 1 aromatic rings. The summed E-state index contributed by atoms with van der Waals surface area (Å²) in [5.74, 6) is -0.761. The highest BCUT2D eigenvalue weighted by atomic mass is 16.4. The van der Waals surface area contributed by atoms with E-state index in [1.54, 1.807) is 12.4 Å². The van der Waals surface area contributed by atoms with Gasteiger partial charge in [-0.15, -0.1) is 0 Å². The first kappa shape index (κ1) is 10.9. The van der Waals surface area contributed by atoms with Crippen molar-refractivity contribution in [2.75, 3.05) is 24.5 Å². The second-order valence-corrected chi connectivity index (χ2v) is 3.86. The first-order chi connectivity index (χ1) is 7.77. The Morgan fingerprint density at radius 3 is 3.25 bits per heavy atom. The van der Waals surface area contributed by atoms with Gasteiger partial charge in [0.25, 0.3) is 0 Å². The first-order valence-corrected chi connectivity index (χ1v) is 5.36. The summed E-state index contributed by atoms with van der Waals surface area (Å²) < 4.78 is 0. The summed E-state index contributed by atoms with van der Waals surface area (Å²) in [5, 5.41) is 12.1. The maximum Gasteiger partial charge on any atom is 0.305 e. The molecule has 2 rings (SSSR count). The third kappa shape index (κ3) is 2.49. The van der Waals surface area contributed by atoms with Gasteiger partial charge in [0.05, 0.1) is 24.3 Å². The van der Waals surface area contributed by atoms with Gasteiger partial charge in [-0.25, -0.2) is 0 Å². The van der Waals surface area contributed by atoms with Crippen molar-refractivity contribution < 1.29 is 9.90 Å². The molecular weight excluding hydrogens is 206 g/mol. The molecule has 16 heavy (non-hydrogen) atoms. The van der Waals surface area contributed by atoms with E-state index in [1.165, 1.54) is 0 Å². The van der Waals surface area contributed by atoms with Gasteiger partial charge in [0.1, 0.15) is 0 Å². The highest BCUT2D eigenvalue weighted by molar-refractivity contribution is 5.68. The van der Waals surface area contributed by atoms with Gasteiger partial charge in [-0.3, -0.25) is 9.78 Å². The number of piperazine rings is 1. The topological polar surface area (TPSA) is 65.5 Å². The van der Waals surface area contributed by atoms with E-state index in [1.807, 2.05) is 12.1 Å². The number of aromatic nitrogens is 1. The smallest absolute Gasteiger partial charge is 0.305 e. The molecular formula is C11H15N3O2. The van der Waals surface area contributed by atoms with Gasteiger partial charge in [0.2, 0.25) is 0 Å². The molecule has 0 aliphatic carbocycles. The lowest BCUT2D eigenvalue weighted by Crippen LogP contribution is -2.52. The van der Waals surface area contributed by atoms with Crippen LogP contribution in [0.25, 0.3) is 0 Å². The quantitative estimate of drug-likeness (QED) is 0.770. The van der Waals surface area contributed by atoms with Gasteiger partial charge in [0.15, 0.2) is 0 Å². The second kappa shape index (κ2) is 4.94. The molecule has 1 saturated heterocycles. The summed E-state index contributed by atoms with van der Waals surface area (Å²) in [6.45, 7) is 2.41. The highest BCUT2D eigenvalue weighted by Gasteiger charge is 2.24. The van der Waals surface area contributed by atoms with Crippen LogP contribution in [0.4, 0.5) is 5.69 Å². The van der Waals surface area contributed by atoms with Crippen molar-refractivity contribution in [3.63, 3.8) is 0 Å². The summed E-state index contributed by atoms with van der Waals surface area (Å²) in [5.41, 5.74) is 0.996. The molecule has 1 aliphatic heterocycles. The summed E-state index contributed by atoms with van der Waals surface area (Å²) in [7, 11) is 0. The molecule has 86 valence electrons. The Balaban J connectivity index is 2.13. The third-order valence-corrected chi connectivity index (χ3v) is 2.74. The Kier molecular flexibility index (Phi) is 3.36. The minimum atomic E-state index is -0.761. The fraction of sp³-hybridized carbons (Fsp3) is 0.455. The maximum absolute atomic E-state index is 10.8. The average Bonchev–Trinajstić information content (AvgIpc) is 2.30. The van der Waals surface area contributed by atoms with Crippen LogP contribution < -0.4 is 10.2 Å². The monoisotopic (exact) mass is 221 g/mol. The molecule has 0 saturated carbocycles. The maximum atomic E-state index is 10.8. The van der Waals surface area contributed by atoms with Gasteiger partial charge >= 0.3 is 5.97 Å². The van der Waals surface area contributed by atoms with Gasteiger partial charge in [-0.1, -0.05) is 0 Å². The number of nitrogens with zero attached hydrogens (tertiary/aromatic N) is 2. The Morgan fingerprint density at radius 1 is 1.69 bits per heavy atom. The van der Waals surface area contributed by atoms with Crippen LogP contribution in [0, 0.1) is 0 Å². The summed E-state index contributed by atoms with van der Waals surface area (Å²) in [4.78, 5) is 16.9. The van der Waals surface area contributed by atoms with Crippen molar-refractivity contribution in [2.45, 2.75) is 12.5 Å². The minimum absolute atomic E-state index is 0.00968. The number of hydrogen-bond acceptors (Lipinski definition) is 4. The minimum Gasteiger partial charge on any atom is -0.481 e. The molecule has 2 N–H and O–H groups in total. The zero-order valence-electron chi connectivity index (χ0n) is 8.97. The Labute approximate surface area is 94.1 Å². The van der Waals surface area contributed by atoms with Crippen LogP contribution in [0.5, 0.6) is 0 Å². The Hall–Kier alpha value is -1.62. The van der Waals surface area contributed by atoms with Gasteiger partial charge in [-0.2, -0.15) is 0 Å². The van der Waals surface area contributed by atoms with Crippen LogP contribution in [0.2, 0.25) is 0 Å². The number of nitrogens with one attached hydrogen (secondary N) is 1. The van der Waals surface area contributed by atoms with Crippen molar-refractivity contribution >= 4 is 11.7 Å². The first-order valence-electron chi connectivity index (χ1n) is 5.36. The SMILES string of the molecule is O=C(O)CC1CNCCN1c1cccnc1. The van der Waals surface area contributed by atoms with Crippen LogP contribution in [0.15, 0.2) is 24.5 Å². The number of carboxylic acid groups (broad SMARTS) is 1. The Morgan fingerprint density at radius 2 is 2.56 bits per heavy atom. The predicted molar refractivity (Wildman–Crippen MR) is 60.5 cm³/mol. The van der Waals surface area contributed by atoms with Crippen molar-refractivity contribution in [2.24, 2.45) is 0 Å². The zero-order valence-corrected chi connectivity index (χ0v) is 8.97. The van der Waals surface area contributed by atoms with E-state index in [2.05, 4.69) is 15.2 Å². The molecule has 0 radical (unpaired) electrons. The number of carbonyl (C=O) groups is 1. The highest BCUT2D eigenvalue weighted by Crippen LogP contribution is 2.18. The fourth-order valence-corrected chi connectivity index (χ4v) is 2.01. The number of rotatable bonds is 3. The molecule has 5 nitrogen and oxygen atoms in total. The summed E-state index contributed by atoms with van der Waals surface area (Å²) in [6, 6.07) is 3.85. The normalized spacial score (nSPS) is 20.8. The van der Waals surface area contributed by atoms with E-state index in [0.29, 0.717) is 6.54 Å². The standard InChI is InChI=1S/C11H15N3O2/c15-11(16)6-10-8-13-4-5-14(10)9-2-1-3-12-7-9/h1-3,7,10,13H,4-6,8H2,(H,15,16). The van der Waals surface area contributed by atoms with Crippen molar-refractivity contribution in [3.05, 3.63) is 24.5 Å². The molecule has 0 amide bonds. The average molecular weight is 221 g/mol. The van der Waals surface area contributed by atoms with Crippen LogP contribution in [0.1, 0.15) is 6.42 Å². The number of anilines is 1. The lowest BCUT2D eigenvalue weighted by Gasteiger charge is -2.37. The van der Waals surface area contributed by atoms with Crippen molar-refractivity contribution in [3.8, 4) is 0 Å². The molecule has 2 heterocycles. The van der Waals surface area contributed by atoms with Gasteiger partial charge in [-0.05, 0) is 12.1 Å². The summed E-state index contributed by atoms with van der Waals surface area (Å²) >= 11 is 0. The predicted octanol–water partition coefficient (Wildman–Crippen LogP) is 0.335. The molecule has 1 atom stereocenters. The molecule has 5 heteroatoms. The fourth-order valence-electron chi connectivity index (χ4n) is 2.01. The molecule has 0 aromatic carbocycles. The Bertz CT molecular complexity index is 356. The largest absolute Gasteiger partial charge is 0.481 e. The number of aliphatic carboxylic acids is 1. The van der Waals surface area contributed by atoms with Crippen LogP contribution in [0.3, 0.4) is 0 Å². The lowest BCUT2D eigenvalue weighted by molar-refractivity contribution is -0.137. The molecule has 0 bridgehead atoms. The third-order valence-electron chi connectivity index (χ3n) is 2.74. The van der Waals surface area contributed by atoms with Crippen molar-refractivity contribution in [1.82, 2.24) is 10.3 Å². The summed E-state index contributed by atoms with van der Waals surface area (Å²) in [6.07, 6.45) is 3.65. The van der Waals surface area contributed by atoms with Crippen LogP contribution >= 0.6 is 0 Å². The van der Waals surface area contributed by atoms with E-state index in [9.17, 15) is 4.79 Å². The zero-order chi connectivity index (χ0) is 11.4. The molecule has 1 unspecified atom stereocenters. The molecule has 1 aromatic heterocycles. The molecule has 0 spiro atoms. The number of pyridine rings is 1. The van der Waals surface area contributed by atoms with E-state index in [4.69, 9.17) is 5.11 Å².